The number of esters is 2. The van der Waals surface area contributed by atoms with E-state index in [1.54, 1.807) is 20.8 Å². The number of carbonyl (C=O) groups excluding carboxylic acids is 3. The summed E-state index contributed by atoms with van der Waals surface area (Å²) in [7, 11) is 2.44. The molecule has 1 aromatic carbocycles. The fraction of sp³-hybridized carbons (Fsp3) is 0.526. The van der Waals surface area contributed by atoms with E-state index in [1.807, 2.05) is 24.3 Å². The topological polar surface area (TPSA) is 90.9 Å². The maximum Gasteiger partial charge on any atom is 0.407 e. The van der Waals surface area contributed by atoms with Gasteiger partial charge in [-0.2, -0.15) is 0 Å². The van der Waals surface area contributed by atoms with Gasteiger partial charge in [0, 0.05) is 12.0 Å². The minimum atomic E-state index is -1.17. The molecule has 1 N–H and O–H groups in total. The SMILES string of the molecule is COC(=O)C(C(=O)OC)[C@@H]1c2ccccc2CC1NC(=O)OC(C)(C)C. The molecule has 7 heteroatoms. The number of carbonyl (C=O) groups is 3. The van der Waals surface area contributed by atoms with Crippen molar-refractivity contribution >= 4 is 18.0 Å². The third-order valence-corrected chi connectivity index (χ3v) is 4.26. The molecule has 0 radical (unpaired) electrons. The summed E-state index contributed by atoms with van der Waals surface area (Å²) in [5, 5.41) is 2.79. The Kier molecular flexibility index (Phi) is 5.90. The lowest BCUT2D eigenvalue weighted by atomic mass is 9.84. The summed E-state index contributed by atoms with van der Waals surface area (Å²) in [6.45, 7) is 5.29. The zero-order chi connectivity index (χ0) is 19.5. The Balaban J connectivity index is 2.37. The fourth-order valence-corrected chi connectivity index (χ4v) is 3.28. The first-order chi connectivity index (χ1) is 12.2. The van der Waals surface area contributed by atoms with E-state index in [4.69, 9.17) is 14.2 Å². The molecule has 1 aliphatic rings. The van der Waals surface area contributed by atoms with Crippen molar-refractivity contribution in [1.29, 1.82) is 0 Å². The molecule has 0 aliphatic heterocycles. The molecule has 1 unspecified atom stereocenters. The molecule has 0 aromatic heterocycles. The van der Waals surface area contributed by atoms with Crippen LogP contribution in [0.2, 0.25) is 0 Å². The van der Waals surface area contributed by atoms with Gasteiger partial charge in [0.1, 0.15) is 5.60 Å². The molecule has 0 heterocycles. The maximum absolute atomic E-state index is 12.3. The van der Waals surface area contributed by atoms with E-state index in [2.05, 4.69) is 5.32 Å². The first kappa shape index (κ1) is 19.8. The summed E-state index contributed by atoms with van der Waals surface area (Å²) in [5.74, 6) is -3.17. The van der Waals surface area contributed by atoms with Gasteiger partial charge in [0.2, 0.25) is 0 Å². The summed E-state index contributed by atoms with van der Waals surface area (Å²) < 4.78 is 14.9. The number of methoxy groups -OCH3 is 2. The van der Waals surface area contributed by atoms with Crippen LogP contribution in [-0.2, 0) is 30.2 Å². The number of amides is 1. The zero-order valence-electron chi connectivity index (χ0n) is 15.7. The van der Waals surface area contributed by atoms with Crippen LogP contribution in [0.4, 0.5) is 4.79 Å². The lowest BCUT2D eigenvalue weighted by Gasteiger charge is -2.28. The van der Waals surface area contributed by atoms with Crippen LogP contribution in [0.15, 0.2) is 24.3 Å². The molecule has 0 saturated carbocycles. The van der Waals surface area contributed by atoms with Crippen LogP contribution in [0.1, 0.15) is 37.8 Å². The van der Waals surface area contributed by atoms with Crippen molar-refractivity contribution in [3.05, 3.63) is 35.4 Å². The average molecular weight is 363 g/mol. The quantitative estimate of drug-likeness (QED) is 0.501. The predicted molar refractivity (Wildman–Crippen MR) is 93.6 cm³/mol. The van der Waals surface area contributed by atoms with E-state index in [9.17, 15) is 14.4 Å². The van der Waals surface area contributed by atoms with Crippen molar-refractivity contribution in [3.63, 3.8) is 0 Å². The number of alkyl carbamates (subject to hydrolysis) is 1. The summed E-state index contributed by atoms with van der Waals surface area (Å²) >= 11 is 0. The lowest BCUT2D eigenvalue weighted by molar-refractivity contribution is -0.160. The summed E-state index contributed by atoms with van der Waals surface area (Å²) in [6.07, 6.45) is -0.126. The van der Waals surface area contributed by atoms with Gasteiger partial charge < -0.3 is 19.5 Å². The number of hydrogen-bond acceptors (Lipinski definition) is 6. The Labute approximate surface area is 153 Å². The molecule has 0 fully saturated rings. The molecule has 1 aromatic rings. The number of benzene rings is 1. The summed E-state index contributed by atoms with van der Waals surface area (Å²) in [6, 6.07) is 6.95. The molecular weight excluding hydrogens is 338 g/mol. The van der Waals surface area contributed by atoms with Gasteiger partial charge in [-0.15, -0.1) is 0 Å². The van der Waals surface area contributed by atoms with Crippen molar-refractivity contribution in [1.82, 2.24) is 5.32 Å². The zero-order valence-corrected chi connectivity index (χ0v) is 15.7. The van der Waals surface area contributed by atoms with E-state index in [0.717, 1.165) is 11.1 Å². The average Bonchev–Trinajstić information content (AvgIpc) is 2.90. The molecule has 1 amide bonds. The highest BCUT2D eigenvalue weighted by Gasteiger charge is 2.47. The second-order valence-electron chi connectivity index (χ2n) is 7.21. The second-order valence-corrected chi connectivity index (χ2v) is 7.21. The molecule has 2 atom stereocenters. The third kappa shape index (κ3) is 4.33. The molecular formula is C19H25NO6. The van der Waals surface area contributed by atoms with E-state index in [0.29, 0.717) is 6.42 Å². The second kappa shape index (κ2) is 7.76. The van der Waals surface area contributed by atoms with E-state index in [1.165, 1.54) is 14.2 Å². The molecule has 1 aliphatic carbocycles. The van der Waals surface area contributed by atoms with Gasteiger partial charge in [-0.1, -0.05) is 24.3 Å². The van der Waals surface area contributed by atoms with Crippen LogP contribution in [0.3, 0.4) is 0 Å². The van der Waals surface area contributed by atoms with Crippen molar-refractivity contribution in [2.24, 2.45) is 5.92 Å². The number of ether oxygens (including phenoxy) is 3. The molecule has 0 bridgehead atoms. The number of hydrogen-bond donors (Lipinski definition) is 1. The van der Waals surface area contributed by atoms with Crippen molar-refractivity contribution in [2.45, 2.75) is 44.8 Å². The molecule has 2 rings (SSSR count). The maximum atomic E-state index is 12.3. The summed E-state index contributed by atoms with van der Waals surface area (Å²) in [5.41, 5.74) is 1.11. The van der Waals surface area contributed by atoms with Crippen LogP contribution < -0.4 is 5.32 Å². The van der Waals surface area contributed by atoms with Crippen molar-refractivity contribution < 1.29 is 28.6 Å². The molecule has 0 spiro atoms. The van der Waals surface area contributed by atoms with Gasteiger partial charge >= 0.3 is 18.0 Å². The van der Waals surface area contributed by atoms with Crippen molar-refractivity contribution in [2.75, 3.05) is 14.2 Å². The Hall–Kier alpha value is -2.57. The van der Waals surface area contributed by atoms with Gasteiger partial charge in [0.05, 0.1) is 14.2 Å². The highest BCUT2D eigenvalue weighted by molar-refractivity contribution is 5.96. The highest BCUT2D eigenvalue weighted by atomic mass is 16.6. The first-order valence-corrected chi connectivity index (χ1v) is 8.41. The number of fused-ring (bicyclic) bond motifs is 1. The van der Waals surface area contributed by atoms with Gasteiger partial charge in [0.25, 0.3) is 0 Å². The van der Waals surface area contributed by atoms with Crippen LogP contribution in [0, 0.1) is 5.92 Å². The van der Waals surface area contributed by atoms with Gasteiger partial charge in [-0.3, -0.25) is 9.59 Å². The fourth-order valence-electron chi connectivity index (χ4n) is 3.28. The molecule has 0 saturated heterocycles. The van der Waals surface area contributed by atoms with Gasteiger partial charge in [-0.25, -0.2) is 4.79 Å². The van der Waals surface area contributed by atoms with E-state index in [-0.39, 0.29) is 0 Å². The predicted octanol–water partition coefficient (Wildman–Crippen LogP) is 2.18. The molecule has 7 nitrogen and oxygen atoms in total. The summed E-state index contributed by atoms with van der Waals surface area (Å²) in [4.78, 5) is 36.9. The number of nitrogens with one attached hydrogen (secondary N) is 1. The van der Waals surface area contributed by atoms with Gasteiger partial charge in [0.15, 0.2) is 5.92 Å². The smallest absolute Gasteiger partial charge is 0.407 e. The van der Waals surface area contributed by atoms with Crippen molar-refractivity contribution in [3.8, 4) is 0 Å². The van der Waals surface area contributed by atoms with Crippen LogP contribution in [0.5, 0.6) is 0 Å². The minimum absolute atomic E-state index is 0.477. The Morgan fingerprint density at radius 1 is 1.08 bits per heavy atom. The molecule has 142 valence electrons. The monoisotopic (exact) mass is 363 g/mol. The first-order valence-electron chi connectivity index (χ1n) is 8.41. The Bertz CT molecular complexity index is 678. The van der Waals surface area contributed by atoms with Gasteiger partial charge in [-0.05, 0) is 38.3 Å². The standard InChI is InChI=1S/C19H25NO6/c1-19(2,3)26-18(23)20-13-10-11-8-6-7-9-12(11)14(13)15(16(21)24-4)17(22)25-5/h6-9,13-15H,10H2,1-5H3,(H,20,23)/t13?,14-/m1/s1. The highest BCUT2D eigenvalue weighted by Crippen LogP contribution is 2.40. The Morgan fingerprint density at radius 3 is 2.19 bits per heavy atom. The molecule has 26 heavy (non-hydrogen) atoms. The lowest BCUT2D eigenvalue weighted by Crippen LogP contribution is -2.46. The van der Waals surface area contributed by atoms with Crippen LogP contribution >= 0.6 is 0 Å². The minimum Gasteiger partial charge on any atom is -0.468 e. The van der Waals surface area contributed by atoms with Crippen LogP contribution in [0.25, 0.3) is 0 Å². The normalized spacial score (nSPS) is 18.8. The Morgan fingerprint density at radius 2 is 1.65 bits per heavy atom. The largest absolute Gasteiger partial charge is 0.468 e. The third-order valence-electron chi connectivity index (χ3n) is 4.26. The van der Waals surface area contributed by atoms with E-state index < -0.39 is 41.5 Å². The van der Waals surface area contributed by atoms with E-state index >= 15 is 0 Å². The van der Waals surface area contributed by atoms with Crippen LogP contribution in [-0.4, -0.2) is 43.9 Å². The number of rotatable bonds is 4.